The number of aromatic nitrogens is 2. The zero-order valence-corrected chi connectivity index (χ0v) is 42.0. The number of hydrogen-bond acceptors (Lipinski definition) is 6. The molecule has 0 fully saturated rings. The number of nitro groups is 2. The van der Waals surface area contributed by atoms with E-state index in [0.717, 1.165) is 71.1 Å². The van der Waals surface area contributed by atoms with Crippen LogP contribution >= 0.6 is 15.9 Å². The van der Waals surface area contributed by atoms with E-state index in [-0.39, 0.29) is 16.3 Å². The number of para-hydroxylation sites is 6. The Morgan fingerprint density at radius 1 is 0.355 bits per heavy atom. The smallest absolute Gasteiger partial charge is 0.423 e. The fraction of sp³-hybridized carbons (Fsp3) is 0. The van der Waals surface area contributed by atoms with Crippen molar-refractivity contribution in [3.63, 3.8) is 0 Å². The monoisotopic (exact) mass is 1050 g/mol. The van der Waals surface area contributed by atoms with E-state index < -0.39 is 12.0 Å². The normalized spacial score (nSPS) is 11.3. The molecule has 0 saturated heterocycles. The largest absolute Gasteiger partial charge is 0.489 e. The molecule has 76 heavy (non-hydrogen) atoms. The minimum atomic E-state index is -1.49. The molecule has 0 bridgehead atoms. The highest BCUT2D eigenvalue weighted by Gasteiger charge is 2.20. The maximum atomic E-state index is 11.7. The van der Waals surface area contributed by atoms with Gasteiger partial charge in [-0.15, -0.1) is 0 Å². The lowest BCUT2D eigenvalue weighted by Gasteiger charge is -2.11. The Labute approximate surface area is 443 Å². The fourth-order valence-electron chi connectivity index (χ4n) is 10.8. The predicted octanol–water partition coefficient (Wildman–Crippen LogP) is 15.8. The predicted molar refractivity (Wildman–Crippen MR) is 314 cm³/mol. The van der Waals surface area contributed by atoms with E-state index >= 15 is 0 Å². The van der Waals surface area contributed by atoms with Gasteiger partial charge in [-0.25, -0.2) is 0 Å². The molecule has 0 aliphatic carbocycles. The van der Waals surface area contributed by atoms with Crippen LogP contribution in [-0.4, -0.2) is 36.1 Å². The van der Waals surface area contributed by atoms with Gasteiger partial charge in [0.2, 0.25) is 0 Å². The lowest BCUT2D eigenvalue weighted by Crippen LogP contribution is -2.30. The molecule has 14 rings (SSSR count). The summed E-state index contributed by atoms with van der Waals surface area (Å²) in [7, 11) is -1.49. The molecule has 12 heteroatoms. The Balaban J connectivity index is 0.000000131. The van der Waals surface area contributed by atoms with Crippen LogP contribution in [0.1, 0.15) is 0 Å². The summed E-state index contributed by atoms with van der Waals surface area (Å²) in [6.07, 6.45) is 0. The third kappa shape index (κ3) is 8.36. The Hall–Kier alpha value is -9.46. The summed E-state index contributed by atoms with van der Waals surface area (Å²) in [4.78, 5) is 21.2. The van der Waals surface area contributed by atoms with E-state index in [9.17, 15) is 30.3 Å². The summed E-state index contributed by atoms with van der Waals surface area (Å²) in [5, 5.41) is 54.8. The van der Waals surface area contributed by atoms with Crippen LogP contribution in [0.15, 0.2) is 247 Å². The van der Waals surface area contributed by atoms with Gasteiger partial charge >= 0.3 is 7.12 Å². The van der Waals surface area contributed by atoms with Gasteiger partial charge in [-0.3, -0.25) is 20.2 Å². The fourth-order valence-corrected chi connectivity index (χ4v) is 11.2. The topological polar surface area (TPSA) is 137 Å². The lowest BCUT2D eigenvalue weighted by molar-refractivity contribution is -0.385. The van der Waals surface area contributed by atoms with Gasteiger partial charge in [0, 0.05) is 45.1 Å². The maximum absolute atomic E-state index is 11.7. The average Bonchev–Trinajstić information content (AvgIpc) is 4.09. The molecule has 0 atom stereocenters. The first-order chi connectivity index (χ1) is 37.1. The highest BCUT2D eigenvalue weighted by Crippen LogP contribution is 2.41. The van der Waals surface area contributed by atoms with Crippen molar-refractivity contribution in [1.29, 1.82) is 0 Å². The lowest BCUT2D eigenvalue weighted by atomic mass is 9.76. The van der Waals surface area contributed by atoms with Gasteiger partial charge < -0.3 is 19.2 Å². The molecule has 0 aliphatic rings. The number of benzene rings is 12. The van der Waals surface area contributed by atoms with Crippen LogP contribution in [0.2, 0.25) is 0 Å². The number of nitrogens with zero attached hydrogens (tertiary/aromatic N) is 4. The molecule has 0 saturated carbocycles. The van der Waals surface area contributed by atoms with Gasteiger partial charge in [-0.1, -0.05) is 158 Å². The molecule has 0 amide bonds. The van der Waals surface area contributed by atoms with E-state index in [4.69, 9.17) is 0 Å². The SMILES string of the molecule is O=[N+]([O-])c1ccccc1-c1cccc2c1ccc1cc3c(cc12)c1ccccc1n3-c1ccccc1.O=[N+]([O-])c1ccccc1Br.OB(O)c1cccc2c1ccc1cc3c(cc12)c1ccccc1n3-c1ccccc1. The van der Waals surface area contributed by atoms with Gasteiger partial charge in [0.15, 0.2) is 0 Å². The Bertz CT molecular complexity index is 4600. The Morgan fingerprint density at radius 2 is 0.789 bits per heavy atom. The van der Waals surface area contributed by atoms with Crippen molar-refractivity contribution in [2.45, 2.75) is 0 Å². The van der Waals surface area contributed by atoms with Crippen LogP contribution in [0.4, 0.5) is 11.4 Å². The summed E-state index contributed by atoms with van der Waals surface area (Å²) in [6.45, 7) is 0. The molecule has 0 spiro atoms. The van der Waals surface area contributed by atoms with Crippen molar-refractivity contribution in [2.24, 2.45) is 0 Å². The van der Waals surface area contributed by atoms with Crippen molar-refractivity contribution >= 4 is 127 Å². The highest BCUT2D eigenvalue weighted by molar-refractivity contribution is 9.10. The van der Waals surface area contributed by atoms with E-state index in [2.05, 4.69) is 171 Å². The van der Waals surface area contributed by atoms with Crippen LogP contribution in [0.3, 0.4) is 0 Å². The standard InChI is InChI=1S/C32H20N2O2.C26H18BNO2.C6H4BrNO2/c35-34(36)31-16-7-5-11-26(31)23-13-8-14-24-25(23)18-17-21-19-32-29(20-28(21)24)27-12-4-6-15-30(27)33(32)22-9-2-1-3-10-22;29-27(30)24-11-6-10-19-20(24)14-13-17-15-26-23(16-22(17)19)21-9-4-5-12-25(21)28(26)18-7-2-1-3-8-18;7-5-3-1-2-4-6(5)8(9)10/h1-20H;1-16,29-30H;1-4H. The second kappa shape index (κ2) is 19.8. The maximum Gasteiger partial charge on any atom is 0.489 e. The summed E-state index contributed by atoms with van der Waals surface area (Å²) in [5.74, 6) is 0. The Kier molecular flexibility index (Phi) is 12.4. The van der Waals surface area contributed by atoms with Crippen molar-refractivity contribution in [1.82, 2.24) is 9.13 Å². The van der Waals surface area contributed by atoms with Crippen LogP contribution in [0.5, 0.6) is 0 Å². The molecule has 0 unspecified atom stereocenters. The molecule has 10 nitrogen and oxygen atoms in total. The summed E-state index contributed by atoms with van der Waals surface area (Å²) >= 11 is 3.06. The van der Waals surface area contributed by atoms with Crippen LogP contribution in [0.25, 0.3) is 109 Å². The number of rotatable bonds is 6. The van der Waals surface area contributed by atoms with E-state index in [1.54, 1.807) is 36.4 Å². The van der Waals surface area contributed by atoms with Crippen molar-refractivity contribution in [2.75, 3.05) is 0 Å². The van der Waals surface area contributed by atoms with E-state index in [0.29, 0.717) is 15.5 Å². The third-order valence-corrected chi connectivity index (χ3v) is 14.8. The molecular weight excluding hydrogens is 1010 g/mol. The molecule has 0 aliphatic heterocycles. The van der Waals surface area contributed by atoms with Crippen LogP contribution in [0, 0.1) is 20.2 Å². The summed E-state index contributed by atoms with van der Waals surface area (Å²) in [5.41, 5.74) is 9.16. The molecular formula is C64H42BBrN4O6. The molecule has 364 valence electrons. The first-order valence-corrected chi connectivity index (χ1v) is 25.3. The van der Waals surface area contributed by atoms with E-state index in [1.807, 2.05) is 54.6 Å². The van der Waals surface area contributed by atoms with Crippen LogP contribution < -0.4 is 5.46 Å². The van der Waals surface area contributed by atoms with Gasteiger partial charge in [-0.2, -0.15) is 0 Å². The van der Waals surface area contributed by atoms with Gasteiger partial charge in [0.1, 0.15) is 0 Å². The average molecular weight is 1050 g/mol. The second-order valence-electron chi connectivity index (χ2n) is 18.4. The molecule has 0 radical (unpaired) electrons. The summed E-state index contributed by atoms with van der Waals surface area (Å²) in [6, 6.07) is 80.2. The number of hydrogen-bond donors (Lipinski definition) is 2. The van der Waals surface area contributed by atoms with Crippen molar-refractivity contribution in [3.05, 3.63) is 267 Å². The second-order valence-corrected chi connectivity index (χ2v) is 19.2. The first kappa shape index (κ1) is 47.5. The van der Waals surface area contributed by atoms with E-state index in [1.165, 1.54) is 38.6 Å². The number of fused-ring (bicyclic) bond motifs is 12. The minimum absolute atomic E-state index is 0.0995. The zero-order chi connectivity index (χ0) is 52.0. The molecule has 2 aromatic heterocycles. The number of halogens is 1. The highest BCUT2D eigenvalue weighted by atomic mass is 79.9. The molecule has 12 aromatic carbocycles. The first-order valence-electron chi connectivity index (χ1n) is 24.5. The van der Waals surface area contributed by atoms with Gasteiger partial charge in [0.25, 0.3) is 11.4 Å². The zero-order valence-electron chi connectivity index (χ0n) is 40.4. The quantitative estimate of drug-likeness (QED) is 0.0736. The Morgan fingerprint density at radius 3 is 1.32 bits per heavy atom. The van der Waals surface area contributed by atoms with Crippen LogP contribution in [-0.2, 0) is 0 Å². The number of nitro benzene ring substituents is 2. The van der Waals surface area contributed by atoms with Gasteiger partial charge in [0.05, 0.1) is 41.9 Å². The van der Waals surface area contributed by atoms with Crippen molar-refractivity contribution < 1.29 is 19.9 Å². The van der Waals surface area contributed by atoms with Gasteiger partial charge in [-0.05, 0) is 143 Å². The molecule has 2 N–H and O–H groups in total. The molecule has 2 heterocycles. The molecule has 14 aromatic rings. The third-order valence-electron chi connectivity index (χ3n) is 14.1. The summed E-state index contributed by atoms with van der Waals surface area (Å²) < 4.78 is 5.14. The van der Waals surface area contributed by atoms with Crippen molar-refractivity contribution in [3.8, 4) is 22.5 Å². The minimum Gasteiger partial charge on any atom is -0.423 e.